The standard InChI is InChI=1S/C26H27N3O2/c30-25(20-29-17-15-28(16-18-29)19-21-7-3-1-4-8-21)27-24-13-11-23(12-14-24)26(31)22-9-5-2-6-10-22/h1-14H,15-20H2,(H,27,30). The smallest absolute Gasteiger partial charge is 0.238 e. The van der Waals surface area contributed by atoms with Crippen LogP contribution >= 0.6 is 0 Å². The summed E-state index contributed by atoms with van der Waals surface area (Å²) in [5.41, 5.74) is 3.30. The lowest BCUT2D eigenvalue weighted by atomic mass is 10.0. The SMILES string of the molecule is O=C(CN1CCN(Cc2ccccc2)CC1)Nc1ccc(C(=O)c2ccccc2)cc1. The van der Waals surface area contributed by atoms with E-state index in [2.05, 4.69) is 39.4 Å². The van der Waals surface area contributed by atoms with Crippen molar-refractivity contribution in [2.75, 3.05) is 38.0 Å². The van der Waals surface area contributed by atoms with E-state index < -0.39 is 0 Å². The highest BCUT2D eigenvalue weighted by Gasteiger charge is 2.19. The molecule has 1 fully saturated rings. The number of anilines is 1. The van der Waals surface area contributed by atoms with Crippen LogP contribution in [-0.2, 0) is 11.3 Å². The molecular weight excluding hydrogens is 386 g/mol. The van der Waals surface area contributed by atoms with Gasteiger partial charge >= 0.3 is 0 Å². The number of carbonyl (C=O) groups is 2. The van der Waals surface area contributed by atoms with Gasteiger partial charge in [0.25, 0.3) is 0 Å². The van der Waals surface area contributed by atoms with Gasteiger partial charge in [0.15, 0.2) is 5.78 Å². The Labute approximate surface area is 183 Å². The van der Waals surface area contributed by atoms with Gasteiger partial charge in [-0.2, -0.15) is 0 Å². The maximum absolute atomic E-state index is 12.5. The fraction of sp³-hybridized carbons (Fsp3) is 0.231. The number of carbonyl (C=O) groups excluding carboxylic acids is 2. The highest BCUT2D eigenvalue weighted by Crippen LogP contribution is 2.14. The fourth-order valence-electron chi connectivity index (χ4n) is 3.81. The maximum Gasteiger partial charge on any atom is 0.238 e. The Morgan fingerprint density at radius 1 is 0.677 bits per heavy atom. The van der Waals surface area contributed by atoms with E-state index in [4.69, 9.17) is 0 Å². The first-order chi connectivity index (χ1) is 15.2. The molecule has 1 heterocycles. The predicted molar refractivity (Wildman–Crippen MR) is 123 cm³/mol. The molecule has 31 heavy (non-hydrogen) atoms. The van der Waals surface area contributed by atoms with Gasteiger partial charge in [-0.15, -0.1) is 0 Å². The van der Waals surface area contributed by atoms with Crippen LogP contribution in [0.3, 0.4) is 0 Å². The molecule has 1 saturated heterocycles. The van der Waals surface area contributed by atoms with Crippen molar-refractivity contribution in [2.45, 2.75) is 6.54 Å². The van der Waals surface area contributed by atoms with Gasteiger partial charge in [-0.05, 0) is 29.8 Å². The highest BCUT2D eigenvalue weighted by molar-refractivity contribution is 6.09. The molecule has 0 aromatic heterocycles. The van der Waals surface area contributed by atoms with Gasteiger partial charge < -0.3 is 5.32 Å². The number of hydrogen-bond donors (Lipinski definition) is 1. The van der Waals surface area contributed by atoms with Crippen molar-refractivity contribution in [3.63, 3.8) is 0 Å². The Hall–Kier alpha value is -3.28. The molecule has 0 spiro atoms. The third-order valence-corrected chi connectivity index (χ3v) is 5.55. The van der Waals surface area contributed by atoms with Crippen LogP contribution in [0, 0.1) is 0 Å². The van der Waals surface area contributed by atoms with E-state index in [9.17, 15) is 9.59 Å². The number of benzene rings is 3. The number of nitrogens with zero attached hydrogens (tertiary/aromatic N) is 2. The average molecular weight is 414 g/mol. The zero-order valence-electron chi connectivity index (χ0n) is 17.5. The summed E-state index contributed by atoms with van der Waals surface area (Å²) in [6.07, 6.45) is 0. The van der Waals surface area contributed by atoms with Crippen LogP contribution < -0.4 is 5.32 Å². The van der Waals surface area contributed by atoms with Gasteiger partial charge in [-0.1, -0.05) is 60.7 Å². The molecule has 1 amide bonds. The lowest BCUT2D eigenvalue weighted by Gasteiger charge is -2.34. The summed E-state index contributed by atoms with van der Waals surface area (Å²) in [6, 6.07) is 26.8. The molecule has 0 atom stereocenters. The number of ketones is 1. The zero-order valence-corrected chi connectivity index (χ0v) is 17.5. The Morgan fingerprint density at radius 2 is 1.23 bits per heavy atom. The molecule has 0 unspecified atom stereocenters. The molecule has 0 radical (unpaired) electrons. The first kappa shape index (κ1) is 21.0. The molecule has 0 bridgehead atoms. The van der Waals surface area contributed by atoms with Crippen LogP contribution in [0.2, 0.25) is 0 Å². The van der Waals surface area contributed by atoms with Crippen LogP contribution in [0.25, 0.3) is 0 Å². The lowest BCUT2D eigenvalue weighted by molar-refractivity contribution is -0.117. The third-order valence-electron chi connectivity index (χ3n) is 5.55. The van der Waals surface area contributed by atoms with Gasteiger partial charge in [0.1, 0.15) is 0 Å². The van der Waals surface area contributed by atoms with E-state index >= 15 is 0 Å². The first-order valence-corrected chi connectivity index (χ1v) is 10.7. The van der Waals surface area contributed by atoms with Crippen LogP contribution in [0.5, 0.6) is 0 Å². The second-order valence-electron chi connectivity index (χ2n) is 7.86. The van der Waals surface area contributed by atoms with E-state index in [1.54, 1.807) is 36.4 Å². The van der Waals surface area contributed by atoms with E-state index in [0.29, 0.717) is 23.4 Å². The summed E-state index contributed by atoms with van der Waals surface area (Å²) < 4.78 is 0. The Kier molecular flexibility index (Phi) is 6.87. The number of rotatable bonds is 7. The van der Waals surface area contributed by atoms with E-state index in [1.807, 2.05) is 24.3 Å². The maximum atomic E-state index is 12.5. The van der Waals surface area contributed by atoms with Crippen molar-refractivity contribution >= 4 is 17.4 Å². The second-order valence-corrected chi connectivity index (χ2v) is 7.86. The minimum absolute atomic E-state index is 0.0214. The third kappa shape index (κ3) is 5.87. The molecule has 1 aliphatic heterocycles. The van der Waals surface area contributed by atoms with E-state index in [-0.39, 0.29) is 11.7 Å². The minimum Gasteiger partial charge on any atom is -0.325 e. The van der Waals surface area contributed by atoms with Crippen molar-refractivity contribution < 1.29 is 9.59 Å². The van der Waals surface area contributed by atoms with Crippen molar-refractivity contribution in [1.29, 1.82) is 0 Å². The topological polar surface area (TPSA) is 52.7 Å². The summed E-state index contributed by atoms with van der Waals surface area (Å²) >= 11 is 0. The molecule has 4 rings (SSSR count). The molecule has 1 aliphatic rings. The van der Waals surface area contributed by atoms with Crippen molar-refractivity contribution in [3.05, 3.63) is 102 Å². The Morgan fingerprint density at radius 3 is 1.87 bits per heavy atom. The largest absolute Gasteiger partial charge is 0.325 e. The van der Waals surface area contributed by atoms with Crippen LogP contribution in [0.4, 0.5) is 5.69 Å². The van der Waals surface area contributed by atoms with Crippen molar-refractivity contribution in [2.24, 2.45) is 0 Å². The van der Waals surface area contributed by atoms with E-state index in [0.717, 1.165) is 32.7 Å². The summed E-state index contributed by atoms with van der Waals surface area (Å²) in [5, 5.41) is 2.94. The minimum atomic E-state index is -0.0290. The summed E-state index contributed by atoms with van der Waals surface area (Å²) in [7, 11) is 0. The molecule has 158 valence electrons. The quantitative estimate of drug-likeness (QED) is 0.601. The Bertz CT molecular complexity index is 996. The monoisotopic (exact) mass is 413 g/mol. The van der Waals surface area contributed by atoms with E-state index in [1.165, 1.54) is 5.56 Å². The molecular formula is C26H27N3O2. The van der Waals surface area contributed by atoms with Crippen molar-refractivity contribution in [3.8, 4) is 0 Å². The fourth-order valence-corrected chi connectivity index (χ4v) is 3.81. The van der Waals surface area contributed by atoms with Crippen LogP contribution in [-0.4, -0.2) is 54.2 Å². The van der Waals surface area contributed by atoms with Crippen LogP contribution in [0.15, 0.2) is 84.9 Å². The summed E-state index contributed by atoms with van der Waals surface area (Å²) in [6.45, 7) is 5.01. The van der Waals surface area contributed by atoms with Gasteiger partial charge in [0.2, 0.25) is 5.91 Å². The molecule has 0 aliphatic carbocycles. The number of nitrogens with one attached hydrogen (secondary N) is 1. The zero-order chi connectivity index (χ0) is 21.5. The average Bonchev–Trinajstić information content (AvgIpc) is 2.82. The predicted octanol–water partition coefficient (Wildman–Crippen LogP) is 3.67. The number of piperazine rings is 1. The number of hydrogen-bond acceptors (Lipinski definition) is 4. The van der Waals surface area contributed by atoms with Gasteiger partial charge in [0, 0.05) is 49.5 Å². The summed E-state index contributed by atoms with van der Waals surface area (Å²) in [5.74, 6) is -0.0505. The Balaban J connectivity index is 1.23. The van der Waals surface area contributed by atoms with Gasteiger partial charge in [-0.25, -0.2) is 0 Å². The molecule has 5 nitrogen and oxygen atoms in total. The lowest BCUT2D eigenvalue weighted by Crippen LogP contribution is -2.48. The molecule has 3 aromatic carbocycles. The molecule has 3 aromatic rings. The van der Waals surface area contributed by atoms with Crippen LogP contribution in [0.1, 0.15) is 21.5 Å². The first-order valence-electron chi connectivity index (χ1n) is 10.7. The molecule has 5 heteroatoms. The molecule has 0 saturated carbocycles. The number of amides is 1. The van der Waals surface area contributed by atoms with Gasteiger partial charge in [0.05, 0.1) is 6.54 Å². The van der Waals surface area contributed by atoms with Gasteiger partial charge in [-0.3, -0.25) is 19.4 Å². The van der Waals surface area contributed by atoms with Crippen molar-refractivity contribution in [1.82, 2.24) is 9.80 Å². The normalized spacial score (nSPS) is 14.8. The second kappa shape index (κ2) is 10.2. The summed E-state index contributed by atoms with van der Waals surface area (Å²) in [4.78, 5) is 29.6. The highest BCUT2D eigenvalue weighted by atomic mass is 16.2. The molecule has 1 N–H and O–H groups in total.